The Morgan fingerprint density at radius 2 is 1.83 bits per heavy atom. The zero-order chi connectivity index (χ0) is 17.2. The molecule has 1 heterocycles. The second-order valence-electron chi connectivity index (χ2n) is 5.39. The molecule has 0 radical (unpaired) electrons. The van der Waals surface area contributed by atoms with Crippen molar-refractivity contribution in [2.75, 3.05) is 11.9 Å². The second-order valence-corrected chi connectivity index (χ2v) is 5.39. The Morgan fingerprint density at radius 3 is 2.43 bits per heavy atom. The molecule has 0 N–H and O–H groups in total. The summed E-state index contributed by atoms with van der Waals surface area (Å²) < 4.78 is 5.43. The standard InChI is InChI=1S/C16H18N2O5/c1-10(17-23-12(3)20)9-16(22-11(2)19)13-7-5-6-8-14(13)18(4)15(16)21/h5-8H,9H2,1-4H3/b17-10-/t16-/m1/s1. The molecular formula is C16H18N2O5. The van der Waals surface area contributed by atoms with Gasteiger partial charge in [0.1, 0.15) is 0 Å². The van der Waals surface area contributed by atoms with E-state index in [-0.39, 0.29) is 12.3 Å². The van der Waals surface area contributed by atoms with Crippen LogP contribution in [0.5, 0.6) is 0 Å². The topological polar surface area (TPSA) is 85.3 Å². The van der Waals surface area contributed by atoms with E-state index in [1.54, 1.807) is 38.2 Å². The maximum atomic E-state index is 12.8. The van der Waals surface area contributed by atoms with Gasteiger partial charge in [0.05, 0.1) is 11.4 Å². The molecular weight excluding hydrogens is 300 g/mol. The highest BCUT2D eigenvalue weighted by molar-refractivity contribution is 6.09. The van der Waals surface area contributed by atoms with Gasteiger partial charge < -0.3 is 14.5 Å². The molecule has 0 saturated carbocycles. The molecule has 1 amide bonds. The average Bonchev–Trinajstić information content (AvgIpc) is 2.68. The van der Waals surface area contributed by atoms with Crippen LogP contribution >= 0.6 is 0 Å². The molecule has 7 nitrogen and oxygen atoms in total. The lowest BCUT2D eigenvalue weighted by molar-refractivity contribution is -0.165. The Hall–Kier alpha value is -2.70. The lowest BCUT2D eigenvalue weighted by Crippen LogP contribution is -2.43. The minimum absolute atomic E-state index is 0.0000463. The summed E-state index contributed by atoms with van der Waals surface area (Å²) >= 11 is 0. The Balaban J connectivity index is 2.48. The number of hydrogen-bond acceptors (Lipinski definition) is 6. The molecule has 0 unspecified atom stereocenters. The number of anilines is 1. The van der Waals surface area contributed by atoms with Crippen LogP contribution in [-0.2, 0) is 29.6 Å². The summed E-state index contributed by atoms with van der Waals surface area (Å²) in [7, 11) is 1.62. The molecule has 1 aliphatic heterocycles. The van der Waals surface area contributed by atoms with Crippen molar-refractivity contribution in [2.24, 2.45) is 5.16 Å². The van der Waals surface area contributed by atoms with Gasteiger partial charge in [-0.3, -0.25) is 9.59 Å². The summed E-state index contributed by atoms with van der Waals surface area (Å²) in [6.45, 7) is 4.07. The summed E-state index contributed by atoms with van der Waals surface area (Å²) in [4.78, 5) is 41.3. The van der Waals surface area contributed by atoms with Crippen molar-refractivity contribution < 1.29 is 24.0 Å². The number of hydrogen-bond donors (Lipinski definition) is 0. The van der Waals surface area contributed by atoms with Crippen LogP contribution in [0.15, 0.2) is 29.4 Å². The summed E-state index contributed by atoms with van der Waals surface area (Å²) in [6.07, 6.45) is 0.0000463. The van der Waals surface area contributed by atoms with E-state index in [1.807, 2.05) is 0 Å². The third-order valence-electron chi connectivity index (χ3n) is 3.50. The van der Waals surface area contributed by atoms with Gasteiger partial charge in [-0.15, -0.1) is 0 Å². The summed E-state index contributed by atoms with van der Waals surface area (Å²) in [5, 5.41) is 3.68. The first-order chi connectivity index (χ1) is 10.8. The SMILES string of the molecule is CC(=O)O/N=C(/C)C[C@]1(OC(C)=O)C(=O)N(C)c2ccccc21. The van der Waals surface area contributed by atoms with Gasteiger partial charge in [0.25, 0.3) is 5.91 Å². The number of fused-ring (bicyclic) bond motifs is 1. The maximum absolute atomic E-state index is 12.8. The van der Waals surface area contributed by atoms with Gasteiger partial charge >= 0.3 is 11.9 Å². The minimum Gasteiger partial charge on any atom is -0.444 e. The van der Waals surface area contributed by atoms with E-state index in [9.17, 15) is 14.4 Å². The van der Waals surface area contributed by atoms with Crippen LogP contribution in [0.25, 0.3) is 0 Å². The lowest BCUT2D eigenvalue weighted by atomic mass is 9.89. The summed E-state index contributed by atoms with van der Waals surface area (Å²) in [5.41, 5.74) is 0.115. The monoisotopic (exact) mass is 318 g/mol. The van der Waals surface area contributed by atoms with Gasteiger partial charge in [-0.1, -0.05) is 23.4 Å². The van der Waals surface area contributed by atoms with Gasteiger partial charge in [0, 0.05) is 32.9 Å². The number of ether oxygens (including phenoxy) is 1. The fourth-order valence-electron chi connectivity index (χ4n) is 2.69. The number of benzene rings is 1. The van der Waals surface area contributed by atoms with E-state index >= 15 is 0 Å². The summed E-state index contributed by atoms with van der Waals surface area (Å²) in [5.74, 6) is -1.52. The van der Waals surface area contributed by atoms with E-state index in [2.05, 4.69) is 9.99 Å². The van der Waals surface area contributed by atoms with Gasteiger partial charge in [-0.05, 0) is 13.0 Å². The lowest BCUT2D eigenvalue weighted by Gasteiger charge is -2.27. The molecule has 1 atom stereocenters. The van der Waals surface area contributed by atoms with Crippen molar-refractivity contribution >= 4 is 29.2 Å². The number of nitrogens with zero attached hydrogens (tertiary/aromatic N) is 2. The van der Waals surface area contributed by atoms with E-state index < -0.39 is 17.5 Å². The highest BCUT2D eigenvalue weighted by atomic mass is 16.7. The van der Waals surface area contributed by atoms with Crippen LogP contribution in [0.2, 0.25) is 0 Å². The zero-order valence-electron chi connectivity index (χ0n) is 13.5. The van der Waals surface area contributed by atoms with Crippen molar-refractivity contribution in [1.29, 1.82) is 0 Å². The van der Waals surface area contributed by atoms with E-state index in [1.165, 1.54) is 18.7 Å². The first-order valence-electron chi connectivity index (χ1n) is 7.06. The van der Waals surface area contributed by atoms with E-state index in [0.717, 1.165) is 0 Å². The predicted molar refractivity (Wildman–Crippen MR) is 82.8 cm³/mol. The van der Waals surface area contributed by atoms with Gasteiger partial charge in [0.15, 0.2) is 0 Å². The molecule has 0 spiro atoms. The van der Waals surface area contributed by atoms with Crippen molar-refractivity contribution in [3.05, 3.63) is 29.8 Å². The second kappa shape index (κ2) is 6.20. The van der Waals surface area contributed by atoms with Crippen LogP contribution in [0.3, 0.4) is 0 Å². The molecule has 1 aromatic carbocycles. The number of esters is 1. The summed E-state index contributed by atoms with van der Waals surface area (Å²) in [6, 6.07) is 7.07. The van der Waals surface area contributed by atoms with Crippen LogP contribution in [0.4, 0.5) is 5.69 Å². The fraction of sp³-hybridized carbons (Fsp3) is 0.375. The molecule has 7 heteroatoms. The number of oxime groups is 1. The van der Waals surface area contributed by atoms with Crippen molar-refractivity contribution in [2.45, 2.75) is 32.8 Å². The molecule has 1 aliphatic rings. The van der Waals surface area contributed by atoms with Crippen LogP contribution in [0, 0.1) is 0 Å². The first kappa shape index (κ1) is 16.7. The molecule has 122 valence electrons. The number of carbonyl (C=O) groups excluding carboxylic acids is 3. The van der Waals surface area contributed by atoms with Crippen molar-refractivity contribution in [3.8, 4) is 0 Å². The normalized spacial score (nSPS) is 20.3. The van der Waals surface area contributed by atoms with Crippen molar-refractivity contribution in [1.82, 2.24) is 0 Å². The predicted octanol–water partition coefficient (Wildman–Crippen LogP) is 1.75. The molecule has 0 saturated heterocycles. The molecule has 2 rings (SSSR count). The Bertz CT molecular complexity index is 697. The molecule has 0 aromatic heterocycles. The Labute approximate surface area is 133 Å². The molecule has 1 aromatic rings. The van der Waals surface area contributed by atoms with Crippen LogP contribution < -0.4 is 4.90 Å². The quantitative estimate of drug-likeness (QED) is 0.365. The molecule has 0 aliphatic carbocycles. The Kier molecular flexibility index (Phi) is 4.49. The van der Waals surface area contributed by atoms with Gasteiger partial charge in [-0.2, -0.15) is 0 Å². The number of likely N-dealkylation sites (N-methyl/N-ethyl adjacent to an activating group) is 1. The molecule has 23 heavy (non-hydrogen) atoms. The smallest absolute Gasteiger partial charge is 0.331 e. The Morgan fingerprint density at radius 1 is 1.17 bits per heavy atom. The molecule has 0 fully saturated rings. The van der Waals surface area contributed by atoms with Crippen LogP contribution in [-0.4, -0.2) is 30.6 Å². The third-order valence-corrected chi connectivity index (χ3v) is 3.50. The number of para-hydroxylation sites is 1. The highest BCUT2D eigenvalue weighted by Gasteiger charge is 2.53. The third kappa shape index (κ3) is 3.08. The zero-order valence-corrected chi connectivity index (χ0v) is 13.5. The number of carbonyl (C=O) groups is 3. The fourth-order valence-corrected chi connectivity index (χ4v) is 2.69. The highest BCUT2D eigenvalue weighted by Crippen LogP contribution is 2.44. The largest absolute Gasteiger partial charge is 0.444 e. The van der Waals surface area contributed by atoms with E-state index in [4.69, 9.17) is 4.74 Å². The van der Waals surface area contributed by atoms with Gasteiger partial charge in [0.2, 0.25) is 5.60 Å². The average molecular weight is 318 g/mol. The minimum atomic E-state index is -1.50. The van der Waals surface area contributed by atoms with Crippen molar-refractivity contribution in [3.63, 3.8) is 0 Å². The number of rotatable bonds is 4. The molecule has 0 bridgehead atoms. The first-order valence-corrected chi connectivity index (χ1v) is 7.06. The van der Waals surface area contributed by atoms with Crippen LogP contribution in [0.1, 0.15) is 32.8 Å². The van der Waals surface area contributed by atoms with Gasteiger partial charge in [-0.25, -0.2) is 4.79 Å². The van der Waals surface area contributed by atoms with E-state index in [0.29, 0.717) is 17.0 Å². The maximum Gasteiger partial charge on any atom is 0.331 e. The number of amides is 1.